The zero-order valence-electron chi connectivity index (χ0n) is 17.5. The van der Waals surface area contributed by atoms with Crippen LogP contribution in [0.15, 0.2) is 47.5 Å². The van der Waals surface area contributed by atoms with Crippen LogP contribution in [0.5, 0.6) is 0 Å². The number of nitrogens with zero attached hydrogens (tertiary/aromatic N) is 4. The van der Waals surface area contributed by atoms with E-state index >= 15 is 0 Å². The van der Waals surface area contributed by atoms with Crippen molar-refractivity contribution in [1.29, 1.82) is 0 Å². The quantitative estimate of drug-likeness (QED) is 0.680. The fourth-order valence-corrected chi connectivity index (χ4v) is 4.17. The van der Waals surface area contributed by atoms with E-state index < -0.39 is 5.82 Å². The maximum absolute atomic E-state index is 14.3. The summed E-state index contributed by atoms with van der Waals surface area (Å²) in [6.45, 7) is 1.51. The number of amides is 1. The molecule has 1 aromatic carbocycles. The molecular weight excluding hydrogens is 413 g/mol. The van der Waals surface area contributed by atoms with E-state index in [1.54, 1.807) is 7.05 Å². The van der Waals surface area contributed by atoms with Crippen molar-refractivity contribution in [2.75, 3.05) is 29.9 Å². The van der Waals surface area contributed by atoms with Gasteiger partial charge in [0, 0.05) is 43.5 Å². The number of anilines is 2. The van der Waals surface area contributed by atoms with Crippen molar-refractivity contribution in [3.05, 3.63) is 70.0 Å². The van der Waals surface area contributed by atoms with Crippen molar-refractivity contribution < 1.29 is 13.9 Å². The van der Waals surface area contributed by atoms with Gasteiger partial charge in [0.2, 0.25) is 11.9 Å². The second kappa shape index (κ2) is 8.16. The molecule has 4 heterocycles. The van der Waals surface area contributed by atoms with E-state index in [9.17, 15) is 14.0 Å². The predicted octanol–water partition coefficient (Wildman–Crippen LogP) is 2.44. The van der Waals surface area contributed by atoms with Crippen LogP contribution in [0.4, 0.5) is 16.0 Å². The Kier molecular flexibility index (Phi) is 5.18. The molecule has 0 radical (unpaired) electrons. The molecule has 1 unspecified atom stereocenters. The van der Waals surface area contributed by atoms with Gasteiger partial charge in [-0.3, -0.25) is 19.1 Å². The van der Waals surface area contributed by atoms with Gasteiger partial charge in [0.15, 0.2) is 5.82 Å². The van der Waals surface area contributed by atoms with Gasteiger partial charge in [0.05, 0.1) is 25.0 Å². The van der Waals surface area contributed by atoms with Crippen LogP contribution in [0.2, 0.25) is 0 Å². The largest absolute Gasteiger partial charge is 0.370 e. The number of pyridine rings is 1. The number of carbonyl (C=O) groups is 1. The molecule has 3 aromatic rings. The number of rotatable bonds is 3. The standard InChI is InChI=1S/C23H22FN5O3/c1-28-22(31)11-19(16-6-7-25-12-17(16)24)27-23(28)29-8-9-32-20(13-29)15-2-4-18-14(10-15)3-5-21(30)26-18/h2,4,6-7,10-12,20H,3,5,8-9,13H2,1H3,(H,26,30). The molecule has 1 atom stereocenters. The summed E-state index contributed by atoms with van der Waals surface area (Å²) >= 11 is 0. The number of hydrogen-bond acceptors (Lipinski definition) is 6. The lowest BCUT2D eigenvalue weighted by Gasteiger charge is -2.35. The first-order valence-corrected chi connectivity index (χ1v) is 10.5. The smallest absolute Gasteiger partial charge is 0.255 e. The van der Waals surface area contributed by atoms with Crippen LogP contribution in [-0.4, -0.2) is 40.1 Å². The van der Waals surface area contributed by atoms with E-state index in [1.807, 2.05) is 17.0 Å². The number of carbonyl (C=O) groups excluding carboxylic acids is 1. The van der Waals surface area contributed by atoms with Crippen LogP contribution in [-0.2, 0) is 23.0 Å². The number of aromatic nitrogens is 3. The highest BCUT2D eigenvalue weighted by Crippen LogP contribution is 2.30. The molecule has 8 nitrogen and oxygen atoms in total. The van der Waals surface area contributed by atoms with Crippen LogP contribution in [0.1, 0.15) is 23.7 Å². The molecule has 2 aliphatic rings. The third-order valence-corrected chi connectivity index (χ3v) is 5.91. The molecule has 0 saturated carbocycles. The minimum absolute atomic E-state index is 0.0304. The van der Waals surface area contributed by atoms with Crippen molar-refractivity contribution in [2.45, 2.75) is 18.9 Å². The maximum atomic E-state index is 14.3. The first kappa shape index (κ1) is 20.3. The molecule has 2 aliphatic heterocycles. The zero-order chi connectivity index (χ0) is 22.2. The summed E-state index contributed by atoms with van der Waals surface area (Å²) in [5, 5.41) is 2.89. The highest BCUT2D eigenvalue weighted by atomic mass is 19.1. The Morgan fingerprint density at radius 1 is 1.19 bits per heavy atom. The molecule has 0 bridgehead atoms. The normalized spacial score (nSPS) is 18.2. The Morgan fingerprint density at radius 3 is 2.91 bits per heavy atom. The lowest BCUT2D eigenvalue weighted by Crippen LogP contribution is -2.41. The molecule has 1 fully saturated rings. The third-order valence-electron chi connectivity index (χ3n) is 5.91. The van der Waals surface area contributed by atoms with E-state index in [2.05, 4.69) is 21.4 Å². The van der Waals surface area contributed by atoms with Crippen LogP contribution in [0.3, 0.4) is 0 Å². The maximum Gasteiger partial charge on any atom is 0.255 e. The Labute approximate surface area is 183 Å². The summed E-state index contributed by atoms with van der Waals surface area (Å²) in [5.41, 5.74) is 3.17. The molecule has 0 aliphatic carbocycles. The average molecular weight is 435 g/mol. The van der Waals surface area contributed by atoms with Gasteiger partial charge in [-0.15, -0.1) is 0 Å². The fourth-order valence-electron chi connectivity index (χ4n) is 4.17. The summed E-state index contributed by atoms with van der Waals surface area (Å²) in [5.74, 6) is -0.0368. The second-order valence-corrected chi connectivity index (χ2v) is 7.96. The average Bonchev–Trinajstić information content (AvgIpc) is 2.81. The lowest BCUT2D eigenvalue weighted by atomic mass is 9.97. The van der Waals surface area contributed by atoms with Crippen LogP contribution >= 0.6 is 0 Å². The molecular formula is C23H22FN5O3. The lowest BCUT2D eigenvalue weighted by molar-refractivity contribution is -0.116. The fraction of sp³-hybridized carbons (Fsp3) is 0.304. The van der Waals surface area contributed by atoms with Crippen LogP contribution in [0, 0.1) is 5.82 Å². The van der Waals surface area contributed by atoms with E-state index in [0.29, 0.717) is 38.5 Å². The first-order chi connectivity index (χ1) is 15.5. The summed E-state index contributed by atoms with van der Waals surface area (Å²) in [4.78, 5) is 34.6. The number of aryl methyl sites for hydroxylation is 1. The van der Waals surface area contributed by atoms with E-state index in [0.717, 1.165) is 23.0 Å². The van der Waals surface area contributed by atoms with E-state index in [1.165, 1.54) is 22.9 Å². The molecule has 164 valence electrons. The van der Waals surface area contributed by atoms with Gasteiger partial charge in [0.1, 0.15) is 6.10 Å². The number of fused-ring (bicyclic) bond motifs is 1. The topological polar surface area (TPSA) is 89.3 Å². The predicted molar refractivity (Wildman–Crippen MR) is 117 cm³/mol. The van der Waals surface area contributed by atoms with Gasteiger partial charge in [-0.25, -0.2) is 9.37 Å². The monoisotopic (exact) mass is 435 g/mol. The highest BCUT2D eigenvalue weighted by molar-refractivity contribution is 5.93. The summed E-state index contributed by atoms with van der Waals surface area (Å²) in [7, 11) is 1.66. The second-order valence-electron chi connectivity index (χ2n) is 7.96. The Balaban J connectivity index is 1.45. The zero-order valence-corrected chi connectivity index (χ0v) is 17.5. The number of nitrogens with one attached hydrogen (secondary N) is 1. The molecule has 32 heavy (non-hydrogen) atoms. The van der Waals surface area contributed by atoms with Crippen LogP contribution < -0.4 is 15.8 Å². The van der Waals surface area contributed by atoms with Crippen molar-refractivity contribution in [1.82, 2.24) is 14.5 Å². The minimum Gasteiger partial charge on any atom is -0.370 e. The molecule has 9 heteroatoms. The molecule has 5 rings (SSSR count). The highest BCUT2D eigenvalue weighted by Gasteiger charge is 2.26. The van der Waals surface area contributed by atoms with Gasteiger partial charge in [0.25, 0.3) is 5.56 Å². The number of ether oxygens (including phenoxy) is 1. The number of morpholine rings is 1. The SMILES string of the molecule is Cn1c(N2CCOC(c3ccc4c(c3)CCC(=O)N4)C2)nc(-c2ccncc2F)cc1=O. The number of benzene rings is 1. The van der Waals surface area contributed by atoms with Crippen molar-refractivity contribution in [2.24, 2.45) is 7.05 Å². The van der Waals surface area contributed by atoms with Gasteiger partial charge < -0.3 is 15.0 Å². The van der Waals surface area contributed by atoms with Crippen molar-refractivity contribution in [3.8, 4) is 11.3 Å². The summed E-state index contributed by atoms with van der Waals surface area (Å²) < 4.78 is 21.7. The molecule has 2 aromatic heterocycles. The minimum atomic E-state index is -0.528. The first-order valence-electron chi connectivity index (χ1n) is 10.5. The number of hydrogen-bond donors (Lipinski definition) is 1. The Hall–Kier alpha value is -3.59. The Bertz CT molecular complexity index is 1260. The summed E-state index contributed by atoms with van der Waals surface area (Å²) in [6.07, 6.45) is 3.53. The van der Waals surface area contributed by atoms with Gasteiger partial charge in [-0.05, 0) is 29.7 Å². The summed E-state index contributed by atoms with van der Waals surface area (Å²) in [6, 6.07) is 8.77. The van der Waals surface area contributed by atoms with E-state index in [4.69, 9.17) is 4.74 Å². The molecule has 1 amide bonds. The van der Waals surface area contributed by atoms with Crippen molar-refractivity contribution >= 4 is 17.5 Å². The van der Waals surface area contributed by atoms with Gasteiger partial charge in [-0.1, -0.05) is 12.1 Å². The van der Waals surface area contributed by atoms with Gasteiger partial charge >= 0.3 is 0 Å². The molecule has 1 saturated heterocycles. The molecule has 1 N–H and O–H groups in total. The van der Waals surface area contributed by atoms with Gasteiger partial charge in [-0.2, -0.15) is 0 Å². The number of halogens is 1. The van der Waals surface area contributed by atoms with E-state index in [-0.39, 0.29) is 28.8 Å². The third kappa shape index (κ3) is 3.75. The molecule has 0 spiro atoms. The van der Waals surface area contributed by atoms with Crippen molar-refractivity contribution in [3.63, 3.8) is 0 Å². The van der Waals surface area contributed by atoms with Crippen LogP contribution in [0.25, 0.3) is 11.3 Å². The Morgan fingerprint density at radius 2 is 2.06 bits per heavy atom.